The number of benzene rings is 1. The molecule has 0 aliphatic heterocycles. The van der Waals surface area contributed by atoms with Gasteiger partial charge < -0.3 is 4.74 Å². The normalized spacial score (nSPS) is 10.8. The zero-order chi connectivity index (χ0) is 17.8. The molecule has 128 valence electrons. The number of hydrogen-bond acceptors (Lipinski definition) is 5. The second kappa shape index (κ2) is 7.68. The molecule has 0 N–H and O–H groups in total. The van der Waals surface area contributed by atoms with Crippen LogP contribution in [0.4, 0.5) is 0 Å². The highest BCUT2D eigenvalue weighted by Gasteiger charge is 2.18. The minimum Gasteiger partial charge on any atom is -0.462 e. The predicted molar refractivity (Wildman–Crippen MR) is 98.4 cm³/mol. The molecule has 0 aliphatic rings. The van der Waals surface area contributed by atoms with Crippen LogP contribution in [-0.2, 0) is 4.74 Å². The first-order chi connectivity index (χ1) is 12.1. The number of unbranched alkanes of at least 4 members (excludes halogenated alkanes) is 2. The third-order valence-electron chi connectivity index (χ3n) is 3.73. The van der Waals surface area contributed by atoms with Crippen LogP contribution < -0.4 is 0 Å². The summed E-state index contributed by atoms with van der Waals surface area (Å²) in [5, 5.41) is 14.7. The fourth-order valence-corrected chi connectivity index (χ4v) is 3.65. The average Bonchev–Trinajstić information content (AvgIpc) is 3.16. The Hall–Kier alpha value is -2.36. The van der Waals surface area contributed by atoms with Gasteiger partial charge in [0.05, 0.1) is 24.1 Å². The molecule has 0 amide bonds. The quantitative estimate of drug-likeness (QED) is 0.455. The van der Waals surface area contributed by atoms with Crippen LogP contribution in [0.25, 0.3) is 15.9 Å². The molecule has 0 spiro atoms. The first-order valence-corrected chi connectivity index (χ1v) is 9.09. The van der Waals surface area contributed by atoms with E-state index in [1.54, 1.807) is 0 Å². The molecule has 0 unspecified atom stereocenters. The van der Waals surface area contributed by atoms with Crippen LogP contribution >= 0.6 is 22.9 Å². The molecule has 0 atom stereocenters. The first kappa shape index (κ1) is 17.5. The van der Waals surface area contributed by atoms with Crippen molar-refractivity contribution in [1.82, 2.24) is 9.78 Å². The molecule has 0 fully saturated rings. The van der Waals surface area contributed by atoms with E-state index in [0.29, 0.717) is 29.3 Å². The molecule has 5 nitrogen and oxygen atoms in total. The lowest BCUT2D eigenvalue weighted by molar-refractivity contribution is 0.0504. The van der Waals surface area contributed by atoms with Gasteiger partial charge in [0.25, 0.3) is 0 Å². The van der Waals surface area contributed by atoms with Crippen molar-refractivity contribution >= 4 is 39.1 Å². The van der Waals surface area contributed by atoms with Crippen molar-refractivity contribution in [2.45, 2.75) is 26.2 Å². The molecule has 7 heteroatoms. The lowest BCUT2D eigenvalue weighted by Crippen LogP contribution is -2.04. The van der Waals surface area contributed by atoms with Crippen LogP contribution in [0.2, 0.25) is 5.02 Å². The van der Waals surface area contributed by atoms with Crippen molar-refractivity contribution in [3.8, 4) is 11.8 Å². The Morgan fingerprint density at radius 3 is 2.84 bits per heavy atom. The molecule has 2 heterocycles. The van der Waals surface area contributed by atoms with E-state index < -0.39 is 0 Å². The van der Waals surface area contributed by atoms with Crippen LogP contribution in [0.1, 0.15) is 34.6 Å². The lowest BCUT2D eigenvalue weighted by Gasteiger charge is -2.03. The van der Waals surface area contributed by atoms with Gasteiger partial charge in [-0.15, -0.1) is 11.3 Å². The van der Waals surface area contributed by atoms with Gasteiger partial charge in [-0.1, -0.05) is 11.6 Å². The van der Waals surface area contributed by atoms with E-state index in [0.717, 1.165) is 28.0 Å². The summed E-state index contributed by atoms with van der Waals surface area (Å²) in [7, 11) is 0. The van der Waals surface area contributed by atoms with E-state index in [9.17, 15) is 4.79 Å². The van der Waals surface area contributed by atoms with Gasteiger partial charge in [-0.3, -0.25) is 0 Å². The maximum atomic E-state index is 12.2. The van der Waals surface area contributed by atoms with E-state index in [4.69, 9.17) is 21.6 Å². The highest BCUT2D eigenvalue weighted by molar-refractivity contribution is 7.20. The van der Waals surface area contributed by atoms with Crippen LogP contribution in [0, 0.1) is 18.3 Å². The number of carbonyl (C=O) groups is 1. The number of halogens is 1. The molecule has 0 aliphatic carbocycles. The largest absolute Gasteiger partial charge is 0.462 e. The minimum atomic E-state index is -0.333. The van der Waals surface area contributed by atoms with Crippen molar-refractivity contribution in [3.63, 3.8) is 0 Å². The summed E-state index contributed by atoms with van der Waals surface area (Å²) in [5.74, 6) is -0.333. The second-order valence-corrected chi connectivity index (χ2v) is 7.02. The SMILES string of the molecule is Cc1nn(-c2ccc(Cl)cc2)c2sc(C(=O)OCCCCC#N)cc12. The second-order valence-electron chi connectivity index (χ2n) is 5.55. The number of ether oxygens (including phenoxy) is 1. The number of nitriles is 1. The minimum absolute atomic E-state index is 0.330. The summed E-state index contributed by atoms with van der Waals surface area (Å²) in [4.78, 5) is 13.7. The summed E-state index contributed by atoms with van der Waals surface area (Å²) in [5.41, 5.74) is 1.75. The van der Waals surface area contributed by atoms with E-state index in [-0.39, 0.29) is 5.97 Å². The van der Waals surface area contributed by atoms with E-state index in [2.05, 4.69) is 11.2 Å². The molecule has 3 rings (SSSR count). The van der Waals surface area contributed by atoms with Gasteiger partial charge in [-0.2, -0.15) is 10.4 Å². The molecule has 0 saturated heterocycles. The summed E-state index contributed by atoms with van der Waals surface area (Å²) >= 11 is 7.30. The topological polar surface area (TPSA) is 67.9 Å². The lowest BCUT2D eigenvalue weighted by atomic mass is 10.2. The summed E-state index contributed by atoms with van der Waals surface area (Å²) in [6.07, 6.45) is 1.92. The van der Waals surface area contributed by atoms with Crippen LogP contribution in [-0.4, -0.2) is 22.4 Å². The van der Waals surface area contributed by atoms with Gasteiger partial charge in [0.15, 0.2) is 0 Å². The number of rotatable bonds is 6. The molecular formula is C18H16ClN3O2S. The fourth-order valence-electron chi connectivity index (χ4n) is 2.45. The standard InChI is InChI=1S/C18H16ClN3O2S/c1-12-15-11-16(18(23)24-10-4-2-3-9-20)25-17(15)22(21-12)14-7-5-13(19)6-8-14/h5-8,11H,2-4,10H2,1H3. The number of carbonyl (C=O) groups excluding carboxylic acids is 1. The van der Waals surface area contributed by atoms with Crippen molar-refractivity contribution in [2.24, 2.45) is 0 Å². The number of aromatic nitrogens is 2. The monoisotopic (exact) mass is 373 g/mol. The third kappa shape index (κ3) is 3.84. The zero-order valence-electron chi connectivity index (χ0n) is 13.7. The van der Waals surface area contributed by atoms with Crippen LogP contribution in [0.15, 0.2) is 30.3 Å². The summed E-state index contributed by atoms with van der Waals surface area (Å²) < 4.78 is 7.10. The van der Waals surface area contributed by atoms with E-state index >= 15 is 0 Å². The van der Waals surface area contributed by atoms with Gasteiger partial charge in [0, 0.05) is 16.8 Å². The maximum absolute atomic E-state index is 12.2. The Balaban J connectivity index is 1.80. The number of esters is 1. The number of fused-ring (bicyclic) bond motifs is 1. The maximum Gasteiger partial charge on any atom is 0.348 e. The smallest absolute Gasteiger partial charge is 0.348 e. The highest BCUT2D eigenvalue weighted by atomic mass is 35.5. The van der Waals surface area contributed by atoms with Gasteiger partial charge in [-0.25, -0.2) is 9.48 Å². The fraction of sp³-hybridized carbons (Fsp3) is 0.278. The Kier molecular flexibility index (Phi) is 5.37. The molecule has 3 aromatic rings. The number of nitrogens with zero attached hydrogens (tertiary/aromatic N) is 3. The average molecular weight is 374 g/mol. The van der Waals surface area contributed by atoms with E-state index in [1.165, 1.54) is 11.3 Å². The number of aryl methyl sites for hydroxylation is 1. The Labute approximate surface area is 154 Å². The van der Waals surface area contributed by atoms with Crippen molar-refractivity contribution < 1.29 is 9.53 Å². The van der Waals surface area contributed by atoms with Gasteiger partial charge in [0.2, 0.25) is 0 Å². The van der Waals surface area contributed by atoms with Crippen molar-refractivity contribution in [1.29, 1.82) is 5.26 Å². The van der Waals surface area contributed by atoms with Gasteiger partial charge in [0.1, 0.15) is 9.71 Å². The summed E-state index contributed by atoms with van der Waals surface area (Å²) in [6, 6.07) is 11.3. The third-order valence-corrected chi connectivity index (χ3v) is 5.08. The highest BCUT2D eigenvalue weighted by Crippen LogP contribution is 2.31. The molecule has 25 heavy (non-hydrogen) atoms. The Morgan fingerprint density at radius 1 is 1.36 bits per heavy atom. The first-order valence-electron chi connectivity index (χ1n) is 7.89. The molecule has 2 aromatic heterocycles. The van der Waals surface area contributed by atoms with Crippen molar-refractivity contribution in [3.05, 3.63) is 45.9 Å². The van der Waals surface area contributed by atoms with Gasteiger partial charge in [-0.05, 0) is 50.1 Å². The Bertz CT molecular complexity index is 938. The zero-order valence-corrected chi connectivity index (χ0v) is 15.2. The summed E-state index contributed by atoms with van der Waals surface area (Å²) in [6.45, 7) is 2.25. The number of hydrogen-bond donors (Lipinski definition) is 0. The molecule has 0 bridgehead atoms. The van der Waals surface area contributed by atoms with Gasteiger partial charge >= 0.3 is 5.97 Å². The Morgan fingerprint density at radius 2 is 2.12 bits per heavy atom. The molecule has 1 aromatic carbocycles. The molecule has 0 saturated carbocycles. The van der Waals surface area contributed by atoms with Crippen molar-refractivity contribution in [2.75, 3.05) is 6.61 Å². The van der Waals surface area contributed by atoms with E-state index in [1.807, 2.05) is 41.9 Å². The predicted octanol–water partition coefficient (Wildman–Crippen LogP) is 4.90. The van der Waals surface area contributed by atoms with Crippen LogP contribution in [0.5, 0.6) is 0 Å². The van der Waals surface area contributed by atoms with Crippen LogP contribution in [0.3, 0.4) is 0 Å². The number of thiophene rings is 1. The molecule has 0 radical (unpaired) electrons. The molecular weight excluding hydrogens is 358 g/mol.